The van der Waals surface area contributed by atoms with Crippen LogP contribution in [0.2, 0.25) is 0 Å². The second-order valence-electron chi connectivity index (χ2n) is 7.27. The van der Waals surface area contributed by atoms with E-state index in [-0.39, 0.29) is 25.0 Å². The minimum atomic E-state index is -1.47. The van der Waals surface area contributed by atoms with E-state index in [9.17, 15) is 33.9 Å². The van der Waals surface area contributed by atoms with Crippen molar-refractivity contribution in [2.24, 2.45) is 22.9 Å². The average Bonchev–Trinajstić information content (AvgIpc) is 2.73. The molecule has 0 fully saturated rings. The van der Waals surface area contributed by atoms with Crippen molar-refractivity contribution in [2.75, 3.05) is 12.3 Å². The zero-order valence-corrected chi connectivity index (χ0v) is 19.0. The summed E-state index contributed by atoms with van der Waals surface area (Å²) in [4.78, 5) is 71.4. The van der Waals surface area contributed by atoms with Gasteiger partial charge in [0.05, 0.1) is 12.5 Å². The number of carboxylic acid groups (broad SMARTS) is 1. The van der Waals surface area contributed by atoms with Gasteiger partial charge in [-0.1, -0.05) is 0 Å². The molecule has 12 N–H and O–H groups in total. The number of nitrogens with one attached hydrogen (secondary N) is 3. The Hall–Kier alpha value is -2.91. The molecule has 4 atom stereocenters. The van der Waals surface area contributed by atoms with Gasteiger partial charge in [-0.15, -0.1) is 0 Å². The minimum absolute atomic E-state index is 0.0406. The first kappa shape index (κ1) is 30.1. The summed E-state index contributed by atoms with van der Waals surface area (Å²) in [6.07, 6.45) is -0.0841. The number of rotatable bonds is 17. The molecule has 33 heavy (non-hydrogen) atoms. The largest absolute Gasteiger partial charge is 0.480 e. The highest BCUT2D eigenvalue weighted by molar-refractivity contribution is 7.80. The molecule has 0 radical (unpaired) electrons. The Morgan fingerprint density at radius 3 is 1.82 bits per heavy atom. The average molecular weight is 492 g/mol. The highest BCUT2D eigenvalue weighted by Crippen LogP contribution is 2.05. The van der Waals surface area contributed by atoms with E-state index in [1.807, 2.05) is 0 Å². The molecule has 0 bridgehead atoms. The van der Waals surface area contributed by atoms with Gasteiger partial charge < -0.3 is 44.0 Å². The smallest absolute Gasteiger partial charge is 0.326 e. The lowest BCUT2D eigenvalue weighted by Crippen LogP contribution is -2.58. The number of hydrogen-bond acceptors (Lipinski definition) is 9. The monoisotopic (exact) mass is 491 g/mol. The normalized spacial score (nSPS) is 14.3. The number of carboxylic acids is 1. The molecule has 0 heterocycles. The van der Waals surface area contributed by atoms with Crippen LogP contribution in [0, 0.1) is 0 Å². The van der Waals surface area contributed by atoms with E-state index in [2.05, 4.69) is 28.6 Å². The minimum Gasteiger partial charge on any atom is -0.480 e. The van der Waals surface area contributed by atoms with Crippen LogP contribution in [-0.4, -0.2) is 77.1 Å². The van der Waals surface area contributed by atoms with E-state index in [1.54, 1.807) is 0 Å². The fourth-order valence-electron chi connectivity index (χ4n) is 2.62. The topological polar surface area (TPSA) is 263 Å². The molecule has 0 aromatic rings. The number of aliphatic carboxylic acids is 1. The van der Waals surface area contributed by atoms with Gasteiger partial charge in [-0.05, 0) is 32.2 Å². The van der Waals surface area contributed by atoms with Crippen molar-refractivity contribution < 1.29 is 33.9 Å². The molecule has 14 nitrogen and oxygen atoms in total. The fourth-order valence-corrected chi connectivity index (χ4v) is 2.79. The van der Waals surface area contributed by atoms with Gasteiger partial charge in [0.2, 0.25) is 29.5 Å². The van der Waals surface area contributed by atoms with Crippen LogP contribution >= 0.6 is 12.6 Å². The molecule has 0 rings (SSSR count). The van der Waals surface area contributed by atoms with Gasteiger partial charge in [0.15, 0.2) is 0 Å². The first-order valence-electron chi connectivity index (χ1n) is 10.2. The van der Waals surface area contributed by atoms with E-state index in [4.69, 9.17) is 22.9 Å². The number of carbonyl (C=O) groups excluding carboxylic acids is 5. The second-order valence-corrected chi connectivity index (χ2v) is 7.64. The van der Waals surface area contributed by atoms with Gasteiger partial charge in [-0.3, -0.25) is 24.0 Å². The van der Waals surface area contributed by atoms with E-state index >= 15 is 0 Å². The second kappa shape index (κ2) is 15.8. The molecule has 0 aliphatic heterocycles. The molecule has 0 aliphatic carbocycles. The lowest BCUT2D eigenvalue weighted by Gasteiger charge is -2.24. The Morgan fingerprint density at radius 2 is 1.33 bits per heavy atom. The number of carbonyl (C=O) groups is 6. The number of nitrogens with two attached hydrogens (primary N) is 4. The third-order valence-electron chi connectivity index (χ3n) is 4.45. The van der Waals surface area contributed by atoms with E-state index in [0.717, 1.165) is 0 Å². The zero-order valence-electron chi connectivity index (χ0n) is 18.1. The molecule has 0 saturated heterocycles. The molecule has 15 heteroatoms. The molecule has 0 saturated carbocycles. The standard InChI is InChI=1S/C18H33N7O7S/c19-6-2-1-3-11(18(31)32)24-16(29)10(4-5-13(21)26)23-17(30)12(7-14(22)27)25-15(28)9(20)8-33/h9-12,33H,1-8,19-20H2,(H2,21,26)(H2,22,27)(H,23,30)(H,24,29)(H,25,28)(H,31,32). The maximum Gasteiger partial charge on any atom is 0.326 e. The van der Waals surface area contributed by atoms with Crippen molar-refractivity contribution in [3.05, 3.63) is 0 Å². The van der Waals surface area contributed by atoms with Gasteiger partial charge in [0.1, 0.15) is 18.1 Å². The molecule has 0 spiro atoms. The first-order valence-corrected chi connectivity index (χ1v) is 10.8. The van der Waals surface area contributed by atoms with Crippen LogP contribution in [0.1, 0.15) is 38.5 Å². The van der Waals surface area contributed by atoms with Crippen LogP contribution in [0.25, 0.3) is 0 Å². The highest BCUT2D eigenvalue weighted by atomic mass is 32.1. The van der Waals surface area contributed by atoms with Gasteiger partial charge in [-0.2, -0.15) is 12.6 Å². The number of unbranched alkanes of at least 4 members (excludes halogenated alkanes) is 1. The Bertz CT molecular complexity index is 722. The lowest BCUT2D eigenvalue weighted by atomic mass is 10.1. The van der Waals surface area contributed by atoms with Crippen molar-refractivity contribution in [2.45, 2.75) is 62.7 Å². The van der Waals surface area contributed by atoms with Crippen LogP contribution in [0.5, 0.6) is 0 Å². The van der Waals surface area contributed by atoms with Crippen molar-refractivity contribution >= 4 is 48.1 Å². The first-order chi connectivity index (χ1) is 15.4. The zero-order chi connectivity index (χ0) is 25.6. The molecule has 4 unspecified atom stereocenters. The van der Waals surface area contributed by atoms with Gasteiger partial charge in [-0.25, -0.2) is 4.79 Å². The van der Waals surface area contributed by atoms with Gasteiger partial charge in [0.25, 0.3) is 0 Å². The van der Waals surface area contributed by atoms with Gasteiger partial charge in [0, 0.05) is 12.2 Å². The summed E-state index contributed by atoms with van der Waals surface area (Å²) in [5.41, 5.74) is 21.2. The van der Waals surface area contributed by atoms with Gasteiger partial charge >= 0.3 is 5.97 Å². The van der Waals surface area contributed by atoms with Crippen LogP contribution in [-0.2, 0) is 28.8 Å². The van der Waals surface area contributed by atoms with E-state index < -0.39 is 66.1 Å². The Balaban J connectivity index is 5.50. The quantitative estimate of drug-likeness (QED) is 0.0708. The molecule has 0 aliphatic rings. The summed E-state index contributed by atoms with van der Waals surface area (Å²) in [6, 6.07) is -5.18. The summed E-state index contributed by atoms with van der Waals surface area (Å²) >= 11 is 3.88. The molecule has 188 valence electrons. The number of thiol groups is 1. The summed E-state index contributed by atoms with van der Waals surface area (Å²) in [5, 5.41) is 16.2. The molecular formula is C18H33N7O7S. The van der Waals surface area contributed by atoms with E-state index in [1.165, 1.54) is 0 Å². The highest BCUT2D eigenvalue weighted by Gasteiger charge is 2.31. The van der Waals surface area contributed by atoms with Crippen LogP contribution in [0.3, 0.4) is 0 Å². The van der Waals surface area contributed by atoms with Crippen molar-refractivity contribution in [3.63, 3.8) is 0 Å². The predicted molar refractivity (Wildman–Crippen MR) is 120 cm³/mol. The fraction of sp³-hybridized carbons (Fsp3) is 0.667. The van der Waals surface area contributed by atoms with Crippen LogP contribution in [0.4, 0.5) is 0 Å². The molecular weight excluding hydrogens is 458 g/mol. The Morgan fingerprint density at radius 1 is 0.788 bits per heavy atom. The molecule has 5 amide bonds. The molecule has 0 aromatic heterocycles. The van der Waals surface area contributed by atoms with Crippen molar-refractivity contribution in [1.29, 1.82) is 0 Å². The van der Waals surface area contributed by atoms with E-state index in [0.29, 0.717) is 19.4 Å². The summed E-state index contributed by atoms with van der Waals surface area (Å²) in [7, 11) is 0. The Labute approximate surface area is 196 Å². The third kappa shape index (κ3) is 12.6. The third-order valence-corrected chi connectivity index (χ3v) is 4.84. The Kier molecular flexibility index (Phi) is 14.4. The number of amides is 5. The molecule has 0 aromatic carbocycles. The summed E-state index contributed by atoms with van der Waals surface area (Å²) in [6.45, 7) is 0.349. The summed E-state index contributed by atoms with van der Waals surface area (Å²) in [5.74, 6) is -5.65. The van der Waals surface area contributed by atoms with Crippen LogP contribution in [0.15, 0.2) is 0 Å². The lowest BCUT2D eigenvalue weighted by molar-refractivity contribution is -0.142. The SMILES string of the molecule is NCCCCC(NC(=O)C(CCC(N)=O)NC(=O)C(CC(N)=O)NC(=O)C(N)CS)C(=O)O. The summed E-state index contributed by atoms with van der Waals surface area (Å²) < 4.78 is 0. The maximum absolute atomic E-state index is 12.7. The van der Waals surface area contributed by atoms with Crippen LogP contribution < -0.4 is 38.9 Å². The number of hydrogen-bond donors (Lipinski definition) is 9. The maximum atomic E-state index is 12.7. The van der Waals surface area contributed by atoms with Crippen molar-refractivity contribution in [1.82, 2.24) is 16.0 Å². The number of primary amides is 2. The predicted octanol–water partition coefficient (Wildman–Crippen LogP) is -3.95. The van der Waals surface area contributed by atoms with Crippen molar-refractivity contribution in [3.8, 4) is 0 Å².